The summed E-state index contributed by atoms with van der Waals surface area (Å²) in [6, 6.07) is 6.11. The number of amides is 1. The Morgan fingerprint density at radius 3 is 2.32 bits per heavy atom. The SMILES string of the molecule is Cc1nc(C)c(C)c(N2CCN(C(=O)/C=C/c3ccc([N+](=O)[O-])cc3)CC2)n1. The second-order valence-electron chi connectivity index (χ2n) is 6.80. The zero-order valence-electron chi connectivity index (χ0n) is 16.3. The molecule has 3 rings (SSSR count). The molecule has 2 aromatic rings. The van der Waals surface area contributed by atoms with Crippen molar-refractivity contribution < 1.29 is 9.72 Å². The van der Waals surface area contributed by atoms with E-state index in [4.69, 9.17) is 0 Å². The lowest BCUT2D eigenvalue weighted by Gasteiger charge is -2.35. The summed E-state index contributed by atoms with van der Waals surface area (Å²) in [5.41, 5.74) is 2.83. The highest BCUT2D eigenvalue weighted by Crippen LogP contribution is 2.21. The predicted molar refractivity (Wildman–Crippen MR) is 107 cm³/mol. The van der Waals surface area contributed by atoms with Gasteiger partial charge in [0.1, 0.15) is 11.6 Å². The van der Waals surface area contributed by atoms with Crippen LogP contribution in [0.2, 0.25) is 0 Å². The van der Waals surface area contributed by atoms with Gasteiger partial charge in [0, 0.05) is 55.6 Å². The van der Waals surface area contributed by atoms with Crippen molar-refractivity contribution in [2.45, 2.75) is 20.8 Å². The van der Waals surface area contributed by atoms with E-state index in [-0.39, 0.29) is 11.6 Å². The number of carbonyl (C=O) groups is 1. The number of anilines is 1. The Hall–Kier alpha value is -3.29. The zero-order chi connectivity index (χ0) is 20.3. The molecule has 1 aliphatic heterocycles. The number of aryl methyl sites for hydroxylation is 2. The van der Waals surface area contributed by atoms with Gasteiger partial charge in [-0.25, -0.2) is 9.97 Å². The van der Waals surface area contributed by atoms with E-state index in [1.54, 1.807) is 23.1 Å². The Bertz CT molecular complexity index is 916. The average Bonchev–Trinajstić information content (AvgIpc) is 2.69. The summed E-state index contributed by atoms with van der Waals surface area (Å²) >= 11 is 0. The molecule has 8 heteroatoms. The molecule has 1 aromatic carbocycles. The third-order valence-electron chi connectivity index (χ3n) is 4.89. The standard InChI is InChI=1S/C20H23N5O3/c1-14-15(2)21-16(3)22-20(14)24-12-10-23(11-13-24)19(26)9-6-17-4-7-18(8-5-17)25(27)28/h4-9H,10-13H2,1-3H3/b9-6+. The third-order valence-corrected chi connectivity index (χ3v) is 4.89. The van der Waals surface area contributed by atoms with Gasteiger partial charge in [-0.1, -0.05) is 0 Å². The Balaban J connectivity index is 1.60. The van der Waals surface area contributed by atoms with Crippen LogP contribution >= 0.6 is 0 Å². The van der Waals surface area contributed by atoms with Gasteiger partial charge in [-0.05, 0) is 44.5 Å². The van der Waals surface area contributed by atoms with E-state index in [1.807, 2.05) is 20.8 Å². The van der Waals surface area contributed by atoms with Crippen LogP contribution in [-0.2, 0) is 4.79 Å². The number of nitro benzene ring substituents is 1. The van der Waals surface area contributed by atoms with Crippen molar-refractivity contribution in [1.29, 1.82) is 0 Å². The molecule has 0 unspecified atom stereocenters. The first-order chi connectivity index (χ1) is 13.3. The maximum absolute atomic E-state index is 12.5. The van der Waals surface area contributed by atoms with Gasteiger partial charge in [0.2, 0.25) is 5.91 Å². The molecule has 1 aliphatic rings. The minimum absolute atomic E-state index is 0.0325. The van der Waals surface area contributed by atoms with Crippen LogP contribution in [0.4, 0.5) is 11.5 Å². The quantitative estimate of drug-likeness (QED) is 0.459. The van der Waals surface area contributed by atoms with Gasteiger partial charge >= 0.3 is 0 Å². The van der Waals surface area contributed by atoms with Crippen LogP contribution in [0.5, 0.6) is 0 Å². The van der Waals surface area contributed by atoms with Gasteiger partial charge < -0.3 is 9.80 Å². The minimum Gasteiger partial charge on any atom is -0.353 e. The molecular formula is C20H23N5O3. The molecule has 0 atom stereocenters. The molecule has 1 saturated heterocycles. The number of carbonyl (C=O) groups excluding carboxylic acids is 1. The van der Waals surface area contributed by atoms with Crippen molar-refractivity contribution >= 4 is 23.5 Å². The van der Waals surface area contributed by atoms with Gasteiger partial charge in [0.25, 0.3) is 5.69 Å². The molecular weight excluding hydrogens is 358 g/mol. The highest BCUT2D eigenvalue weighted by molar-refractivity contribution is 5.92. The van der Waals surface area contributed by atoms with Crippen LogP contribution in [0.15, 0.2) is 30.3 Å². The van der Waals surface area contributed by atoms with Gasteiger partial charge in [0.05, 0.1) is 4.92 Å². The molecule has 28 heavy (non-hydrogen) atoms. The fourth-order valence-corrected chi connectivity index (χ4v) is 3.18. The Kier molecular flexibility index (Phi) is 5.67. The monoisotopic (exact) mass is 381 g/mol. The largest absolute Gasteiger partial charge is 0.353 e. The number of nitrogens with zero attached hydrogens (tertiary/aromatic N) is 5. The molecule has 0 N–H and O–H groups in total. The van der Waals surface area contributed by atoms with E-state index in [1.165, 1.54) is 18.2 Å². The van der Waals surface area contributed by atoms with Crippen LogP contribution in [0.1, 0.15) is 22.6 Å². The van der Waals surface area contributed by atoms with Crippen LogP contribution in [0, 0.1) is 30.9 Å². The summed E-state index contributed by atoms with van der Waals surface area (Å²) in [7, 11) is 0. The smallest absolute Gasteiger partial charge is 0.269 e. The van der Waals surface area contributed by atoms with Crippen molar-refractivity contribution in [3.05, 3.63) is 63.1 Å². The van der Waals surface area contributed by atoms with E-state index in [9.17, 15) is 14.9 Å². The summed E-state index contributed by atoms with van der Waals surface area (Å²) in [4.78, 5) is 35.7. The number of benzene rings is 1. The van der Waals surface area contributed by atoms with Crippen molar-refractivity contribution in [3.63, 3.8) is 0 Å². The predicted octanol–water partition coefficient (Wildman–Crippen LogP) is 2.67. The molecule has 146 valence electrons. The van der Waals surface area contributed by atoms with Crippen LogP contribution in [0.25, 0.3) is 6.08 Å². The number of hydrogen-bond donors (Lipinski definition) is 0. The molecule has 0 aliphatic carbocycles. The molecule has 1 amide bonds. The Morgan fingerprint density at radius 2 is 1.71 bits per heavy atom. The second-order valence-corrected chi connectivity index (χ2v) is 6.80. The summed E-state index contributed by atoms with van der Waals surface area (Å²) in [5.74, 6) is 1.63. The fourth-order valence-electron chi connectivity index (χ4n) is 3.18. The van der Waals surface area contributed by atoms with E-state index in [2.05, 4.69) is 14.9 Å². The first kappa shape index (κ1) is 19.5. The summed E-state index contributed by atoms with van der Waals surface area (Å²) in [5, 5.41) is 10.7. The van der Waals surface area contributed by atoms with Crippen molar-refractivity contribution in [1.82, 2.24) is 14.9 Å². The second kappa shape index (κ2) is 8.16. The minimum atomic E-state index is -0.444. The van der Waals surface area contributed by atoms with Gasteiger partial charge in [-0.3, -0.25) is 14.9 Å². The molecule has 0 spiro atoms. The molecule has 1 fully saturated rings. The summed E-state index contributed by atoms with van der Waals surface area (Å²) in [6.07, 6.45) is 3.20. The van der Waals surface area contributed by atoms with E-state index < -0.39 is 4.92 Å². The number of piperazine rings is 1. The number of aromatic nitrogens is 2. The first-order valence-electron chi connectivity index (χ1n) is 9.13. The Labute approximate surface area is 163 Å². The lowest BCUT2D eigenvalue weighted by molar-refractivity contribution is -0.384. The van der Waals surface area contributed by atoms with Gasteiger partial charge in [-0.2, -0.15) is 0 Å². The maximum atomic E-state index is 12.5. The van der Waals surface area contributed by atoms with Crippen molar-refractivity contribution in [2.75, 3.05) is 31.1 Å². The van der Waals surface area contributed by atoms with E-state index >= 15 is 0 Å². The van der Waals surface area contributed by atoms with Gasteiger partial charge in [0.15, 0.2) is 0 Å². The van der Waals surface area contributed by atoms with Crippen LogP contribution in [0.3, 0.4) is 0 Å². The molecule has 0 radical (unpaired) electrons. The zero-order valence-corrected chi connectivity index (χ0v) is 16.3. The van der Waals surface area contributed by atoms with Crippen LogP contribution < -0.4 is 4.90 Å². The van der Waals surface area contributed by atoms with Gasteiger partial charge in [-0.15, -0.1) is 0 Å². The number of hydrogen-bond acceptors (Lipinski definition) is 6. The number of non-ortho nitro benzene ring substituents is 1. The number of rotatable bonds is 4. The molecule has 2 heterocycles. The molecule has 8 nitrogen and oxygen atoms in total. The summed E-state index contributed by atoms with van der Waals surface area (Å²) in [6.45, 7) is 8.56. The third kappa shape index (κ3) is 4.33. The number of nitro groups is 1. The Morgan fingerprint density at radius 1 is 1.07 bits per heavy atom. The lowest BCUT2D eigenvalue weighted by Crippen LogP contribution is -2.48. The van der Waals surface area contributed by atoms with E-state index in [0.29, 0.717) is 26.2 Å². The average molecular weight is 381 g/mol. The van der Waals surface area contributed by atoms with Crippen molar-refractivity contribution in [2.24, 2.45) is 0 Å². The molecule has 0 bridgehead atoms. The van der Waals surface area contributed by atoms with Crippen molar-refractivity contribution in [3.8, 4) is 0 Å². The summed E-state index contributed by atoms with van der Waals surface area (Å²) < 4.78 is 0. The fraction of sp³-hybridized carbons (Fsp3) is 0.350. The molecule has 0 saturated carbocycles. The van der Waals surface area contributed by atoms with Crippen LogP contribution in [-0.4, -0.2) is 51.9 Å². The topological polar surface area (TPSA) is 92.5 Å². The first-order valence-corrected chi connectivity index (χ1v) is 9.13. The molecule has 1 aromatic heterocycles. The normalized spacial score (nSPS) is 14.5. The highest BCUT2D eigenvalue weighted by Gasteiger charge is 2.22. The lowest BCUT2D eigenvalue weighted by atomic mass is 10.2. The van der Waals surface area contributed by atoms with E-state index in [0.717, 1.165) is 28.5 Å². The highest BCUT2D eigenvalue weighted by atomic mass is 16.6. The maximum Gasteiger partial charge on any atom is 0.269 e.